The number of allylic oxidation sites excluding steroid dienone is 1. The molecule has 1 aliphatic rings. The zero-order valence-corrected chi connectivity index (χ0v) is 12.9. The van der Waals surface area contributed by atoms with Crippen molar-refractivity contribution in [3.05, 3.63) is 12.0 Å². The van der Waals surface area contributed by atoms with Gasteiger partial charge in [0.2, 0.25) is 5.76 Å². The summed E-state index contributed by atoms with van der Waals surface area (Å²) in [5.41, 5.74) is 0. The summed E-state index contributed by atoms with van der Waals surface area (Å²) in [5.74, 6) is -2.60. The predicted molar refractivity (Wildman–Crippen MR) is 61.4 cm³/mol. The summed E-state index contributed by atoms with van der Waals surface area (Å²) in [6.07, 6.45) is -19.5. The summed E-state index contributed by atoms with van der Waals surface area (Å²) in [6, 6.07) is -12.5. The minimum Gasteiger partial charge on any atom is -0.487 e. The monoisotopic (exact) mass is 412 g/mol. The first-order chi connectivity index (χ1) is 11.4. The highest BCUT2D eigenvalue weighted by atomic mass is 19.4. The normalized spacial score (nSPS) is 24.7. The van der Waals surface area contributed by atoms with Crippen LogP contribution in [0.1, 0.15) is 0 Å². The van der Waals surface area contributed by atoms with E-state index in [0.29, 0.717) is 0 Å². The molecule has 0 radical (unpaired) electrons. The van der Waals surface area contributed by atoms with Gasteiger partial charge in [0.05, 0.1) is 6.20 Å². The summed E-state index contributed by atoms with van der Waals surface area (Å²) in [7, 11) is 2.71. The van der Waals surface area contributed by atoms with Gasteiger partial charge in [0.15, 0.2) is 0 Å². The number of hydrogen-bond acceptors (Lipinski definition) is 4. The Balaban J connectivity index is 3.40. The van der Waals surface area contributed by atoms with Crippen LogP contribution >= 0.6 is 0 Å². The summed E-state index contributed by atoms with van der Waals surface area (Å²) in [4.78, 5) is -1.17. The summed E-state index contributed by atoms with van der Waals surface area (Å²) in [5, 5.41) is 0. The molecule has 0 N–H and O–H groups in total. The molecule has 0 amide bonds. The Morgan fingerprint density at radius 3 is 1.73 bits per heavy atom. The standard InChI is InChI=1S/C11H11F11N2O2/c1-23(2)3-4-25-6(7(12,13)14)5-24-8(15,16)10(19,20)26-11(21,22)9(24,17)18/h5H,3-4H2,1-2H3. The largest absolute Gasteiger partial charge is 0.487 e. The van der Waals surface area contributed by atoms with Crippen molar-refractivity contribution in [2.75, 3.05) is 27.2 Å². The third-order valence-electron chi connectivity index (χ3n) is 2.88. The van der Waals surface area contributed by atoms with Crippen molar-refractivity contribution in [3.8, 4) is 0 Å². The van der Waals surface area contributed by atoms with Crippen molar-refractivity contribution in [2.45, 2.75) is 30.5 Å². The Hall–Kier alpha value is -1.51. The van der Waals surface area contributed by atoms with E-state index in [0.717, 1.165) is 0 Å². The van der Waals surface area contributed by atoms with E-state index in [1.807, 2.05) is 0 Å². The maximum absolute atomic E-state index is 13.4. The molecule has 1 heterocycles. The lowest BCUT2D eigenvalue weighted by Crippen LogP contribution is -2.72. The number of morpholine rings is 1. The van der Waals surface area contributed by atoms with Crippen LogP contribution in [-0.4, -0.2) is 67.5 Å². The lowest BCUT2D eigenvalue weighted by molar-refractivity contribution is -0.555. The van der Waals surface area contributed by atoms with Gasteiger partial charge < -0.3 is 9.64 Å². The fourth-order valence-electron chi connectivity index (χ4n) is 1.55. The van der Waals surface area contributed by atoms with Crippen molar-refractivity contribution < 1.29 is 57.8 Å². The van der Waals surface area contributed by atoms with Gasteiger partial charge >= 0.3 is 30.5 Å². The first-order valence-corrected chi connectivity index (χ1v) is 6.43. The van der Waals surface area contributed by atoms with Gasteiger partial charge in [0.25, 0.3) is 0 Å². The van der Waals surface area contributed by atoms with E-state index in [1.54, 1.807) is 0 Å². The van der Waals surface area contributed by atoms with Crippen LogP contribution in [0.3, 0.4) is 0 Å². The SMILES string of the molecule is CN(C)CCOC(=CN1C(F)(F)C(F)(F)OC(F)(F)C1(F)F)C(F)(F)F. The Kier molecular flexibility index (Phi) is 5.70. The molecular weight excluding hydrogens is 401 g/mol. The molecule has 1 saturated heterocycles. The highest BCUT2D eigenvalue weighted by molar-refractivity contribution is 5.07. The molecule has 0 atom stereocenters. The van der Waals surface area contributed by atoms with Crippen molar-refractivity contribution in [2.24, 2.45) is 0 Å². The fourth-order valence-corrected chi connectivity index (χ4v) is 1.55. The summed E-state index contributed by atoms with van der Waals surface area (Å²) >= 11 is 0. The summed E-state index contributed by atoms with van der Waals surface area (Å²) in [6.45, 7) is -1.16. The van der Waals surface area contributed by atoms with Gasteiger partial charge in [-0.1, -0.05) is 0 Å². The number of rotatable bonds is 5. The first-order valence-electron chi connectivity index (χ1n) is 6.43. The van der Waals surface area contributed by atoms with Crippen LogP contribution in [0.25, 0.3) is 0 Å². The van der Waals surface area contributed by atoms with Crippen LogP contribution in [0.5, 0.6) is 0 Å². The van der Waals surface area contributed by atoms with E-state index in [9.17, 15) is 48.3 Å². The molecule has 4 nitrogen and oxygen atoms in total. The smallest absolute Gasteiger partial charge is 0.450 e. The molecule has 1 aliphatic heterocycles. The van der Waals surface area contributed by atoms with E-state index >= 15 is 0 Å². The van der Waals surface area contributed by atoms with E-state index in [4.69, 9.17) is 0 Å². The van der Waals surface area contributed by atoms with E-state index in [-0.39, 0.29) is 6.54 Å². The average Bonchev–Trinajstić information content (AvgIpc) is 2.37. The van der Waals surface area contributed by atoms with E-state index < -0.39 is 54.0 Å². The van der Waals surface area contributed by atoms with Gasteiger partial charge in [-0.2, -0.15) is 48.3 Å². The van der Waals surface area contributed by atoms with Gasteiger partial charge in [-0.05, 0) is 14.1 Å². The van der Waals surface area contributed by atoms with Gasteiger partial charge in [-0.15, -0.1) is 0 Å². The molecule has 26 heavy (non-hydrogen) atoms. The highest BCUT2D eigenvalue weighted by Crippen LogP contribution is 2.56. The average molecular weight is 412 g/mol. The zero-order chi connectivity index (χ0) is 20.8. The quantitative estimate of drug-likeness (QED) is 0.391. The molecule has 0 saturated carbocycles. The van der Waals surface area contributed by atoms with Gasteiger partial charge in [0, 0.05) is 6.54 Å². The topological polar surface area (TPSA) is 24.9 Å². The number of likely N-dealkylation sites (N-methyl/N-ethyl adjacent to an activating group) is 1. The number of halogens is 11. The van der Waals surface area contributed by atoms with Crippen LogP contribution in [-0.2, 0) is 9.47 Å². The molecule has 15 heteroatoms. The first kappa shape index (κ1) is 22.5. The van der Waals surface area contributed by atoms with Crippen LogP contribution in [0.2, 0.25) is 0 Å². The molecule has 0 unspecified atom stereocenters. The predicted octanol–water partition coefficient (Wildman–Crippen LogP) is 3.67. The Morgan fingerprint density at radius 1 is 0.962 bits per heavy atom. The Labute approximate surface area is 138 Å². The molecule has 0 spiro atoms. The number of alkyl halides is 11. The van der Waals surface area contributed by atoms with Crippen molar-refractivity contribution in [3.63, 3.8) is 0 Å². The molecular formula is C11H11F11N2O2. The maximum atomic E-state index is 13.4. The highest BCUT2D eigenvalue weighted by Gasteiger charge is 2.82. The lowest BCUT2D eigenvalue weighted by atomic mass is 10.3. The Morgan fingerprint density at radius 2 is 1.38 bits per heavy atom. The van der Waals surface area contributed by atoms with Crippen LogP contribution in [0, 0.1) is 0 Å². The second-order valence-electron chi connectivity index (χ2n) is 5.23. The van der Waals surface area contributed by atoms with Crippen LogP contribution in [0.4, 0.5) is 48.3 Å². The van der Waals surface area contributed by atoms with Gasteiger partial charge in [-0.3, -0.25) is 0 Å². The van der Waals surface area contributed by atoms with Crippen molar-refractivity contribution in [1.82, 2.24) is 9.80 Å². The zero-order valence-electron chi connectivity index (χ0n) is 12.9. The second-order valence-corrected chi connectivity index (χ2v) is 5.23. The molecule has 0 aromatic rings. The minimum atomic E-state index is -6.25. The maximum Gasteiger partial charge on any atom is 0.450 e. The molecule has 154 valence electrons. The number of nitrogens with zero attached hydrogens (tertiary/aromatic N) is 2. The van der Waals surface area contributed by atoms with E-state index in [2.05, 4.69) is 9.47 Å². The van der Waals surface area contributed by atoms with E-state index in [1.165, 1.54) is 19.0 Å². The number of hydrogen-bond donors (Lipinski definition) is 0. The molecule has 1 rings (SSSR count). The molecule has 0 aliphatic carbocycles. The van der Waals surface area contributed by atoms with Crippen molar-refractivity contribution in [1.29, 1.82) is 0 Å². The third kappa shape index (κ3) is 4.07. The van der Waals surface area contributed by atoms with Crippen LogP contribution in [0.15, 0.2) is 12.0 Å². The minimum absolute atomic E-state index is 0.268. The molecule has 0 bridgehead atoms. The number of ether oxygens (including phenoxy) is 2. The third-order valence-corrected chi connectivity index (χ3v) is 2.88. The fraction of sp³-hybridized carbons (Fsp3) is 0.818. The lowest BCUT2D eigenvalue weighted by Gasteiger charge is -2.46. The molecule has 0 aromatic carbocycles. The van der Waals surface area contributed by atoms with Crippen molar-refractivity contribution >= 4 is 0 Å². The van der Waals surface area contributed by atoms with Gasteiger partial charge in [-0.25, -0.2) is 9.64 Å². The van der Waals surface area contributed by atoms with Crippen LogP contribution < -0.4 is 0 Å². The Bertz CT molecular complexity index is 519. The molecule has 1 fully saturated rings. The second kappa shape index (κ2) is 6.58. The van der Waals surface area contributed by atoms with Gasteiger partial charge in [0.1, 0.15) is 6.61 Å². The molecule has 0 aromatic heterocycles. The summed E-state index contributed by atoms with van der Waals surface area (Å²) < 4.78 is 150.